The van der Waals surface area contributed by atoms with Crippen LogP contribution in [0.5, 0.6) is 0 Å². The quantitative estimate of drug-likeness (QED) is 0.710. The highest BCUT2D eigenvalue weighted by Crippen LogP contribution is 2.34. The molecule has 0 saturated carbocycles. The summed E-state index contributed by atoms with van der Waals surface area (Å²) in [6.07, 6.45) is 0.578. The zero-order valence-corrected chi connectivity index (χ0v) is 9.12. The van der Waals surface area contributed by atoms with Crippen molar-refractivity contribution in [1.29, 1.82) is 5.26 Å². The van der Waals surface area contributed by atoms with Gasteiger partial charge in [0.05, 0.1) is 6.07 Å². The minimum absolute atomic E-state index is 0.0178. The lowest BCUT2D eigenvalue weighted by atomic mass is 9.71. The van der Waals surface area contributed by atoms with Crippen molar-refractivity contribution in [2.24, 2.45) is 5.92 Å². The number of hydrogen-bond acceptors (Lipinski definition) is 1. The van der Waals surface area contributed by atoms with E-state index in [1.54, 1.807) is 0 Å². The molecule has 0 N–H and O–H groups in total. The van der Waals surface area contributed by atoms with E-state index in [1.807, 2.05) is 18.2 Å². The molecule has 1 nitrogen and oxygen atoms in total. The summed E-state index contributed by atoms with van der Waals surface area (Å²) in [4.78, 5) is 0. The standard InChI is InChI=1S/C13H17N/c1-11(2)13(3,9-10-14)12-7-5-4-6-8-12/h4-8,11H,9H2,1-3H3. The largest absolute Gasteiger partial charge is 0.198 e. The summed E-state index contributed by atoms with van der Waals surface area (Å²) in [5.41, 5.74) is 1.24. The fourth-order valence-corrected chi connectivity index (χ4v) is 1.62. The summed E-state index contributed by atoms with van der Waals surface area (Å²) >= 11 is 0. The molecular weight excluding hydrogens is 170 g/mol. The van der Waals surface area contributed by atoms with Gasteiger partial charge in [0.25, 0.3) is 0 Å². The van der Waals surface area contributed by atoms with Crippen molar-refractivity contribution in [3.05, 3.63) is 35.9 Å². The highest BCUT2D eigenvalue weighted by Gasteiger charge is 2.29. The van der Waals surface area contributed by atoms with Crippen LogP contribution in [0.15, 0.2) is 30.3 Å². The summed E-state index contributed by atoms with van der Waals surface area (Å²) in [5, 5.41) is 8.86. The van der Waals surface area contributed by atoms with E-state index < -0.39 is 0 Å². The molecule has 0 bridgehead atoms. The summed E-state index contributed by atoms with van der Waals surface area (Å²) in [6, 6.07) is 12.6. The van der Waals surface area contributed by atoms with E-state index in [9.17, 15) is 0 Å². The Morgan fingerprint density at radius 2 is 1.86 bits per heavy atom. The van der Waals surface area contributed by atoms with Crippen molar-refractivity contribution in [1.82, 2.24) is 0 Å². The molecule has 1 aromatic rings. The molecule has 1 heteroatoms. The monoisotopic (exact) mass is 187 g/mol. The van der Waals surface area contributed by atoms with Gasteiger partial charge < -0.3 is 0 Å². The zero-order valence-electron chi connectivity index (χ0n) is 9.12. The Morgan fingerprint density at radius 3 is 2.29 bits per heavy atom. The van der Waals surface area contributed by atoms with Crippen LogP contribution in [-0.4, -0.2) is 0 Å². The van der Waals surface area contributed by atoms with Gasteiger partial charge in [0, 0.05) is 11.8 Å². The van der Waals surface area contributed by atoms with Gasteiger partial charge in [-0.25, -0.2) is 0 Å². The van der Waals surface area contributed by atoms with Crippen molar-refractivity contribution in [3.8, 4) is 6.07 Å². The molecule has 74 valence electrons. The lowest BCUT2D eigenvalue weighted by Gasteiger charge is -2.32. The molecule has 1 atom stereocenters. The van der Waals surface area contributed by atoms with E-state index in [0.29, 0.717) is 12.3 Å². The van der Waals surface area contributed by atoms with E-state index in [2.05, 4.69) is 39.0 Å². The van der Waals surface area contributed by atoms with Gasteiger partial charge in [-0.1, -0.05) is 51.1 Å². The third kappa shape index (κ3) is 1.96. The summed E-state index contributed by atoms with van der Waals surface area (Å²) in [5.74, 6) is 0.476. The Kier molecular flexibility index (Phi) is 3.30. The maximum absolute atomic E-state index is 8.86. The Morgan fingerprint density at radius 1 is 1.29 bits per heavy atom. The minimum atomic E-state index is -0.0178. The molecule has 0 aliphatic rings. The molecule has 0 aliphatic heterocycles. The fourth-order valence-electron chi connectivity index (χ4n) is 1.62. The molecule has 0 spiro atoms. The molecule has 1 rings (SSSR count). The Bertz CT molecular complexity index is 321. The van der Waals surface area contributed by atoms with E-state index >= 15 is 0 Å². The second kappa shape index (κ2) is 4.28. The first-order valence-electron chi connectivity index (χ1n) is 5.03. The molecule has 0 aromatic heterocycles. The molecule has 0 radical (unpaired) electrons. The Balaban J connectivity index is 3.07. The molecule has 0 saturated heterocycles. The molecule has 1 unspecified atom stereocenters. The van der Waals surface area contributed by atoms with Crippen molar-refractivity contribution in [2.45, 2.75) is 32.6 Å². The van der Waals surface area contributed by atoms with Crippen LogP contribution in [0.1, 0.15) is 32.8 Å². The van der Waals surface area contributed by atoms with Crippen LogP contribution >= 0.6 is 0 Å². The fraction of sp³-hybridized carbons (Fsp3) is 0.462. The second-order valence-corrected chi connectivity index (χ2v) is 4.27. The highest BCUT2D eigenvalue weighted by atomic mass is 14.4. The van der Waals surface area contributed by atoms with Gasteiger partial charge in [0.1, 0.15) is 0 Å². The van der Waals surface area contributed by atoms with Crippen molar-refractivity contribution < 1.29 is 0 Å². The van der Waals surface area contributed by atoms with E-state index in [1.165, 1.54) is 5.56 Å². The molecule has 1 aromatic carbocycles. The predicted molar refractivity (Wildman–Crippen MR) is 58.9 cm³/mol. The summed E-state index contributed by atoms with van der Waals surface area (Å²) in [7, 11) is 0. The van der Waals surface area contributed by atoms with Crippen LogP contribution in [0.25, 0.3) is 0 Å². The van der Waals surface area contributed by atoms with Crippen LogP contribution in [0.4, 0.5) is 0 Å². The summed E-state index contributed by atoms with van der Waals surface area (Å²) < 4.78 is 0. The number of rotatable bonds is 3. The zero-order chi connectivity index (χ0) is 10.6. The predicted octanol–water partition coefficient (Wildman–Crippen LogP) is 3.51. The third-order valence-electron chi connectivity index (χ3n) is 3.15. The van der Waals surface area contributed by atoms with Crippen LogP contribution in [0.3, 0.4) is 0 Å². The van der Waals surface area contributed by atoms with Gasteiger partial charge in [0.2, 0.25) is 0 Å². The maximum atomic E-state index is 8.86. The van der Waals surface area contributed by atoms with Gasteiger partial charge in [-0.05, 0) is 11.5 Å². The van der Waals surface area contributed by atoms with Crippen molar-refractivity contribution >= 4 is 0 Å². The molecule has 0 fully saturated rings. The first-order chi connectivity index (χ1) is 6.61. The van der Waals surface area contributed by atoms with Crippen molar-refractivity contribution in [2.75, 3.05) is 0 Å². The SMILES string of the molecule is CC(C)C(C)(CC#N)c1ccccc1. The third-order valence-corrected chi connectivity index (χ3v) is 3.15. The molecule has 0 heterocycles. The second-order valence-electron chi connectivity index (χ2n) is 4.27. The minimum Gasteiger partial charge on any atom is -0.198 e. The first kappa shape index (κ1) is 10.8. The topological polar surface area (TPSA) is 23.8 Å². The Labute approximate surface area is 86.4 Å². The lowest BCUT2D eigenvalue weighted by Crippen LogP contribution is -2.27. The first-order valence-corrected chi connectivity index (χ1v) is 5.03. The molecule has 0 amide bonds. The van der Waals surface area contributed by atoms with Crippen LogP contribution in [0, 0.1) is 17.2 Å². The molecular formula is C13H17N. The van der Waals surface area contributed by atoms with E-state index in [-0.39, 0.29) is 5.41 Å². The van der Waals surface area contributed by atoms with Crippen LogP contribution in [-0.2, 0) is 5.41 Å². The molecule has 0 aliphatic carbocycles. The van der Waals surface area contributed by atoms with E-state index in [0.717, 1.165) is 0 Å². The van der Waals surface area contributed by atoms with Crippen LogP contribution < -0.4 is 0 Å². The number of nitriles is 1. The van der Waals surface area contributed by atoms with Gasteiger partial charge in [-0.2, -0.15) is 5.26 Å². The van der Waals surface area contributed by atoms with Gasteiger partial charge in [-0.15, -0.1) is 0 Å². The smallest absolute Gasteiger partial charge is 0.0631 e. The average molecular weight is 187 g/mol. The van der Waals surface area contributed by atoms with Crippen LogP contribution in [0.2, 0.25) is 0 Å². The van der Waals surface area contributed by atoms with Crippen molar-refractivity contribution in [3.63, 3.8) is 0 Å². The maximum Gasteiger partial charge on any atom is 0.0631 e. The number of benzene rings is 1. The normalized spacial score (nSPS) is 14.8. The molecule has 14 heavy (non-hydrogen) atoms. The van der Waals surface area contributed by atoms with E-state index in [4.69, 9.17) is 5.26 Å². The lowest BCUT2D eigenvalue weighted by molar-refractivity contribution is 0.344. The number of hydrogen-bond donors (Lipinski definition) is 0. The van der Waals surface area contributed by atoms with Gasteiger partial charge in [-0.3, -0.25) is 0 Å². The Hall–Kier alpha value is -1.29. The summed E-state index contributed by atoms with van der Waals surface area (Å²) in [6.45, 7) is 6.50. The average Bonchev–Trinajstić information content (AvgIpc) is 2.19. The highest BCUT2D eigenvalue weighted by molar-refractivity contribution is 5.26. The number of nitrogens with zero attached hydrogens (tertiary/aromatic N) is 1. The van der Waals surface area contributed by atoms with Gasteiger partial charge >= 0.3 is 0 Å². The van der Waals surface area contributed by atoms with Gasteiger partial charge in [0.15, 0.2) is 0 Å².